The summed E-state index contributed by atoms with van der Waals surface area (Å²) < 4.78 is 56.9. The van der Waals surface area contributed by atoms with Gasteiger partial charge in [-0.15, -0.1) is 0 Å². The van der Waals surface area contributed by atoms with Gasteiger partial charge in [-0.3, -0.25) is 4.98 Å². The van der Waals surface area contributed by atoms with Crippen LogP contribution in [-0.4, -0.2) is 68.6 Å². The molecule has 198 valence electrons. The zero-order valence-electron chi connectivity index (χ0n) is 21.3. The van der Waals surface area contributed by atoms with E-state index < -0.39 is 20.0 Å². The molecule has 0 atom stereocenters. The monoisotopic (exact) mass is 543 g/mol. The second-order valence-electron chi connectivity index (χ2n) is 9.49. The van der Waals surface area contributed by atoms with Crippen molar-refractivity contribution in [1.82, 2.24) is 18.5 Å². The molecule has 2 aromatic carbocycles. The molecule has 1 aliphatic heterocycles. The number of anilines is 1. The summed E-state index contributed by atoms with van der Waals surface area (Å²) in [7, 11) is -5.72. The number of benzene rings is 2. The van der Waals surface area contributed by atoms with Crippen LogP contribution in [0.25, 0.3) is 0 Å². The highest BCUT2D eigenvalue weighted by Crippen LogP contribution is 2.23. The summed E-state index contributed by atoms with van der Waals surface area (Å²) in [4.78, 5) is 6.99. The first-order chi connectivity index (χ1) is 17.4. The Labute approximate surface area is 219 Å². The van der Waals surface area contributed by atoms with Gasteiger partial charge in [0.15, 0.2) is 0 Å². The quantitative estimate of drug-likeness (QED) is 0.538. The van der Waals surface area contributed by atoms with E-state index in [1.165, 1.54) is 8.61 Å². The molecule has 1 aromatic heterocycles. The molecule has 0 radical (unpaired) electrons. The molecule has 0 unspecified atom stereocenters. The largest absolute Gasteiger partial charge is 0.399 e. The highest BCUT2D eigenvalue weighted by molar-refractivity contribution is 7.89. The average Bonchev–Trinajstić information content (AvgIpc) is 2.83. The molecule has 9 nitrogen and oxygen atoms in total. The van der Waals surface area contributed by atoms with Crippen molar-refractivity contribution in [3.8, 4) is 0 Å². The van der Waals surface area contributed by atoms with Gasteiger partial charge in [-0.05, 0) is 57.3 Å². The number of nitrogens with two attached hydrogens (primary N) is 1. The summed E-state index contributed by atoms with van der Waals surface area (Å²) in [5.41, 5.74) is 9.41. The highest BCUT2D eigenvalue weighted by Gasteiger charge is 2.29. The van der Waals surface area contributed by atoms with Crippen molar-refractivity contribution in [2.45, 2.75) is 36.7 Å². The summed E-state index contributed by atoms with van der Waals surface area (Å²) in [5.74, 6) is 0. The molecular formula is C26H33N5O4S2. The number of aryl methyl sites for hydroxylation is 2. The Morgan fingerprint density at radius 1 is 0.676 bits per heavy atom. The van der Waals surface area contributed by atoms with Gasteiger partial charge in [0.1, 0.15) is 0 Å². The predicted octanol–water partition coefficient (Wildman–Crippen LogP) is 2.61. The van der Waals surface area contributed by atoms with E-state index >= 15 is 0 Å². The smallest absolute Gasteiger partial charge is 0.243 e. The predicted molar refractivity (Wildman–Crippen MR) is 144 cm³/mol. The Hall–Kier alpha value is -2.83. The van der Waals surface area contributed by atoms with E-state index in [0.29, 0.717) is 30.2 Å². The van der Waals surface area contributed by atoms with Crippen molar-refractivity contribution < 1.29 is 16.8 Å². The third-order valence-corrected chi connectivity index (χ3v) is 10.1. The van der Waals surface area contributed by atoms with Crippen LogP contribution in [-0.2, 0) is 33.1 Å². The average molecular weight is 544 g/mol. The zero-order chi connectivity index (χ0) is 26.8. The maximum absolute atomic E-state index is 13.5. The van der Waals surface area contributed by atoms with E-state index in [9.17, 15) is 16.8 Å². The summed E-state index contributed by atoms with van der Waals surface area (Å²) in [6.07, 6.45) is 0. The number of rotatable bonds is 4. The molecular weight excluding hydrogens is 510 g/mol. The van der Waals surface area contributed by atoms with Gasteiger partial charge in [-0.1, -0.05) is 35.4 Å². The van der Waals surface area contributed by atoms with Crippen molar-refractivity contribution >= 4 is 25.7 Å². The molecule has 0 spiro atoms. The number of nitrogen functional groups attached to an aromatic ring is 1. The molecule has 2 N–H and O–H groups in total. The van der Waals surface area contributed by atoms with Gasteiger partial charge in [-0.2, -0.15) is 8.61 Å². The normalized spacial score (nSPS) is 17.2. The van der Waals surface area contributed by atoms with Crippen LogP contribution in [0.3, 0.4) is 0 Å². The number of aromatic nitrogens is 1. The van der Waals surface area contributed by atoms with Crippen LogP contribution in [0.2, 0.25) is 0 Å². The minimum Gasteiger partial charge on any atom is -0.399 e. The number of fused-ring (bicyclic) bond motifs is 2. The number of hydrogen-bond acceptors (Lipinski definition) is 7. The molecule has 0 saturated carbocycles. The Kier molecular flexibility index (Phi) is 8.00. The summed E-state index contributed by atoms with van der Waals surface area (Å²) >= 11 is 0. The van der Waals surface area contributed by atoms with Gasteiger partial charge < -0.3 is 10.6 Å². The van der Waals surface area contributed by atoms with E-state index in [4.69, 9.17) is 5.73 Å². The zero-order valence-corrected chi connectivity index (χ0v) is 23.0. The van der Waals surface area contributed by atoms with Gasteiger partial charge >= 0.3 is 0 Å². The molecule has 0 aliphatic carbocycles. The van der Waals surface area contributed by atoms with Crippen molar-refractivity contribution in [2.24, 2.45) is 0 Å². The van der Waals surface area contributed by atoms with E-state index in [-0.39, 0.29) is 36.0 Å². The number of pyridine rings is 1. The minimum absolute atomic E-state index is 0.0206. The minimum atomic E-state index is -3.79. The third kappa shape index (κ3) is 6.36. The molecule has 11 heteroatoms. The van der Waals surface area contributed by atoms with Crippen LogP contribution in [0.1, 0.15) is 22.5 Å². The Morgan fingerprint density at radius 3 is 1.43 bits per heavy atom. The summed E-state index contributed by atoms with van der Waals surface area (Å²) in [5, 5.41) is 0. The molecule has 37 heavy (non-hydrogen) atoms. The van der Waals surface area contributed by atoms with Crippen LogP contribution in [0, 0.1) is 13.8 Å². The first kappa shape index (κ1) is 27.2. The fraction of sp³-hybridized carbons (Fsp3) is 0.346. The molecule has 4 rings (SSSR count). The standard InChI is InChI=1S/C26H33N5O4S2/c1-20-4-8-25(9-5-20)36(32,33)30-14-12-29(3)13-15-31(19-24-17-22(27)16-23(18-30)28-24)37(34,35)26-10-6-21(2)7-11-26/h4-11,16-17H,12-15,18-19H2,1-3H3,(H2,27,28). The van der Waals surface area contributed by atoms with Gasteiger partial charge in [-0.25, -0.2) is 16.8 Å². The second kappa shape index (κ2) is 10.9. The number of nitrogens with zero attached hydrogens (tertiary/aromatic N) is 4. The Bertz CT molecular complexity index is 1350. The topological polar surface area (TPSA) is 117 Å². The number of sulfonamides is 2. The third-order valence-electron chi connectivity index (χ3n) is 6.41. The second-order valence-corrected chi connectivity index (χ2v) is 13.4. The molecule has 2 bridgehead atoms. The fourth-order valence-electron chi connectivity index (χ4n) is 4.16. The van der Waals surface area contributed by atoms with E-state index in [1.54, 1.807) is 60.7 Å². The summed E-state index contributed by atoms with van der Waals surface area (Å²) in [6, 6.07) is 16.8. The van der Waals surface area contributed by atoms with E-state index in [1.807, 2.05) is 25.8 Å². The maximum atomic E-state index is 13.5. The lowest BCUT2D eigenvalue weighted by atomic mass is 10.2. The van der Waals surface area contributed by atoms with Gasteiger partial charge in [0.2, 0.25) is 20.0 Å². The fourth-order valence-corrected chi connectivity index (χ4v) is 6.97. The molecule has 0 fully saturated rings. The van der Waals surface area contributed by atoms with Gasteiger partial charge in [0, 0.05) is 31.9 Å². The lowest BCUT2D eigenvalue weighted by Crippen LogP contribution is -2.42. The van der Waals surface area contributed by atoms with Crippen LogP contribution >= 0.6 is 0 Å². The van der Waals surface area contributed by atoms with Crippen LogP contribution < -0.4 is 5.73 Å². The molecule has 3 aromatic rings. The lowest BCUT2D eigenvalue weighted by Gasteiger charge is -2.29. The molecule has 0 amide bonds. The molecule has 1 aliphatic rings. The van der Waals surface area contributed by atoms with Crippen LogP contribution in [0.4, 0.5) is 5.69 Å². The van der Waals surface area contributed by atoms with Gasteiger partial charge in [0.25, 0.3) is 0 Å². The lowest BCUT2D eigenvalue weighted by molar-refractivity contribution is 0.261. The van der Waals surface area contributed by atoms with Crippen molar-refractivity contribution in [2.75, 3.05) is 39.0 Å². The molecule has 0 saturated heterocycles. The highest BCUT2D eigenvalue weighted by atomic mass is 32.2. The van der Waals surface area contributed by atoms with Crippen LogP contribution in [0.15, 0.2) is 70.5 Å². The van der Waals surface area contributed by atoms with E-state index in [0.717, 1.165) is 11.1 Å². The van der Waals surface area contributed by atoms with Crippen molar-refractivity contribution in [1.29, 1.82) is 0 Å². The maximum Gasteiger partial charge on any atom is 0.243 e. The van der Waals surface area contributed by atoms with E-state index in [2.05, 4.69) is 4.98 Å². The Balaban J connectivity index is 1.70. The Morgan fingerprint density at radius 2 is 1.05 bits per heavy atom. The van der Waals surface area contributed by atoms with Gasteiger partial charge in [0.05, 0.1) is 34.3 Å². The number of likely N-dealkylation sites (N-methyl/N-ethyl adjacent to an activating group) is 1. The first-order valence-corrected chi connectivity index (χ1v) is 14.9. The SMILES string of the molecule is Cc1ccc(S(=O)(=O)N2CCN(C)CCN(S(=O)(=O)c3ccc(C)cc3)Cc3cc(N)cc(n3)C2)cc1. The van der Waals surface area contributed by atoms with Crippen molar-refractivity contribution in [3.63, 3.8) is 0 Å². The van der Waals surface area contributed by atoms with Crippen molar-refractivity contribution in [3.05, 3.63) is 83.2 Å². The molecule has 2 heterocycles. The summed E-state index contributed by atoms with van der Waals surface area (Å²) in [6.45, 7) is 5.10. The first-order valence-electron chi connectivity index (χ1n) is 12.0. The number of hydrogen-bond donors (Lipinski definition) is 1. The van der Waals surface area contributed by atoms with Crippen LogP contribution in [0.5, 0.6) is 0 Å².